The summed E-state index contributed by atoms with van der Waals surface area (Å²) in [7, 11) is 0. The molecule has 0 unspecified atom stereocenters. The smallest absolute Gasteiger partial charge is 0.193 e. The highest BCUT2D eigenvalue weighted by atomic mass is 32.1. The first-order valence-electron chi connectivity index (χ1n) is 5.70. The summed E-state index contributed by atoms with van der Waals surface area (Å²) < 4.78 is 0. The molecule has 5 heteroatoms. The van der Waals surface area contributed by atoms with E-state index in [4.69, 9.17) is 5.73 Å². The molecule has 2 rings (SSSR count). The van der Waals surface area contributed by atoms with Gasteiger partial charge in [-0.3, -0.25) is 0 Å². The fourth-order valence-electron chi connectivity index (χ4n) is 1.59. The molecule has 0 aliphatic carbocycles. The summed E-state index contributed by atoms with van der Waals surface area (Å²) in [6.45, 7) is 4.56. The van der Waals surface area contributed by atoms with Crippen LogP contribution in [-0.2, 0) is 6.54 Å². The SMILES string of the molecule is Cc1nc(CN=C(N)Nc2ccccc2)c(C)s1. The number of hydrogen-bond donors (Lipinski definition) is 2. The lowest BCUT2D eigenvalue weighted by atomic mass is 10.3. The Morgan fingerprint density at radius 1 is 1.33 bits per heavy atom. The van der Waals surface area contributed by atoms with Crippen LogP contribution >= 0.6 is 11.3 Å². The zero-order valence-electron chi connectivity index (χ0n) is 10.5. The third-order valence-corrected chi connectivity index (χ3v) is 3.37. The zero-order chi connectivity index (χ0) is 13.0. The molecule has 94 valence electrons. The summed E-state index contributed by atoms with van der Waals surface area (Å²) in [6, 6.07) is 9.74. The number of anilines is 1. The summed E-state index contributed by atoms with van der Waals surface area (Å²) in [5, 5.41) is 4.10. The standard InChI is InChI=1S/C13H16N4S/c1-9-12(16-10(2)18-9)8-15-13(14)17-11-6-4-3-5-7-11/h3-7H,8H2,1-2H3,(H3,14,15,17). The molecule has 1 heterocycles. The van der Waals surface area contributed by atoms with E-state index in [9.17, 15) is 0 Å². The van der Waals surface area contributed by atoms with E-state index in [2.05, 4.69) is 22.2 Å². The minimum Gasteiger partial charge on any atom is -0.370 e. The molecule has 0 aliphatic rings. The molecule has 0 spiro atoms. The number of aliphatic imine (C=N–C) groups is 1. The maximum Gasteiger partial charge on any atom is 0.193 e. The van der Waals surface area contributed by atoms with Crippen molar-refractivity contribution in [2.75, 3.05) is 5.32 Å². The summed E-state index contributed by atoms with van der Waals surface area (Å²) in [6.07, 6.45) is 0. The van der Waals surface area contributed by atoms with E-state index >= 15 is 0 Å². The summed E-state index contributed by atoms with van der Waals surface area (Å²) >= 11 is 1.68. The number of thiazole rings is 1. The van der Waals surface area contributed by atoms with Gasteiger partial charge in [0.25, 0.3) is 0 Å². The molecule has 18 heavy (non-hydrogen) atoms. The molecule has 0 saturated carbocycles. The number of para-hydroxylation sites is 1. The molecular formula is C13H16N4S. The minimum absolute atomic E-state index is 0.409. The van der Waals surface area contributed by atoms with Crippen LogP contribution in [-0.4, -0.2) is 10.9 Å². The van der Waals surface area contributed by atoms with Gasteiger partial charge in [-0.15, -0.1) is 11.3 Å². The fourth-order valence-corrected chi connectivity index (χ4v) is 2.41. The maximum atomic E-state index is 5.82. The van der Waals surface area contributed by atoms with Gasteiger partial charge in [0.2, 0.25) is 0 Å². The number of aromatic nitrogens is 1. The van der Waals surface area contributed by atoms with Gasteiger partial charge in [-0.1, -0.05) is 18.2 Å². The third kappa shape index (κ3) is 3.30. The summed E-state index contributed by atoms with van der Waals surface area (Å²) in [5.74, 6) is 0.409. The molecule has 0 aliphatic heterocycles. The van der Waals surface area contributed by atoms with Crippen molar-refractivity contribution in [1.82, 2.24) is 4.98 Å². The molecule has 1 aromatic carbocycles. The van der Waals surface area contributed by atoms with Crippen molar-refractivity contribution in [2.45, 2.75) is 20.4 Å². The van der Waals surface area contributed by atoms with Gasteiger partial charge in [0.1, 0.15) is 0 Å². The van der Waals surface area contributed by atoms with E-state index in [0.29, 0.717) is 12.5 Å². The van der Waals surface area contributed by atoms with E-state index < -0.39 is 0 Å². The Morgan fingerprint density at radius 3 is 2.67 bits per heavy atom. The molecule has 4 nitrogen and oxygen atoms in total. The van der Waals surface area contributed by atoms with Crippen LogP contribution in [0.1, 0.15) is 15.6 Å². The Balaban J connectivity index is 1.99. The van der Waals surface area contributed by atoms with E-state index in [1.165, 1.54) is 4.88 Å². The van der Waals surface area contributed by atoms with Crippen molar-refractivity contribution in [2.24, 2.45) is 10.7 Å². The van der Waals surface area contributed by atoms with Gasteiger partial charge < -0.3 is 11.1 Å². The van der Waals surface area contributed by atoms with E-state index in [1.807, 2.05) is 37.3 Å². The first kappa shape index (κ1) is 12.6. The van der Waals surface area contributed by atoms with Gasteiger partial charge >= 0.3 is 0 Å². The molecule has 2 aromatic rings. The lowest BCUT2D eigenvalue weighted by Crippen LogP contribution is -2.22. The molecule has 0 bridgehead atoms. The Hall–Kier alpha value is -1.88. The Bertz CT molecular complexity index is 545. The zero-order valence-corrected chi connectivity index (χ0v) is 11.3. The number of benzene rings is 1. The van der Waals surface area contributed by atoms with Crippen molar-refractivity contribution in [3.63, 3.8) is 0 Å². The highest BCUT2D eigenvalue weighted by Gasteiger charge is 2.03. The van der Waals surface area contributed by atoms with Crippen LogP contribution in [0.15, 0.2) is 35.3 Å². The topological polar surface area (TPSA) is 63.3 Å². The number of rotatable bonds is 3. The minimum atomic E-state index is 0.409. The maximum absolute atomic E-state index is 5.82. The van der Waals surface area contributed by atoms with Gasteiger partial charge in [-0.2, -0.15) is 0 Å². The van der Waals surface area contributed by atoms with Gasteiger partial charge in [0.15, 0.2) is 5.96 Å². The predicted molar refractivity (Wildman–Crippen MR) is 77.0 cm³/mol. The van der Waals surface area contributed by atoms with Crippen LogP contribution in [0.2, 0.25) is 0 Å². The molecule has 0 saturated heterocycles. The Labute approximate surface area is 111 Å². The van der Waals surface area contributed by atoms with Crippen molar-refractivity contribution >= 4 is 23.0 Å². The Morgan fingerprint density at radius 2 is 2.06 bits per heavy atom. The number of nitrogens with zero attached hydrogens (tertiary/aromatic N) is 2. The van der Waals surface area contributed by atoms with Crippen molar-refractivity contribution in [1.29, 1.82) is 0 Å². The number of aryl methyl sites for hydroxylation is 2. The van der Waals surface area contributed by atoms with Gasteiger partial charge in [-0.05, 0) is 26.0 Å². The average Bonchev–Trinajstić information content (AvgIpc) is 2.66. The molecule has 0 amide bonds. The summed E-state index contributed by atoms with van der Waals surface area (Å²) in [4.78, 5) is 9.91. The van der Waals surface area contributed by atoms with Crippen LogP contribution in [0.25, 0.3) is 0 Å². The first-order valence-corrected chi connectivity index (χ1v) is 6.51. The monoisotopic (exact) mass is 260 g/mol. The van der Waals surface area contributed by atoms with Crippen molar-refractivity contribution in [3.05, 3.63) is 45.9 Å². The normalized spacial score (nSPS) is 11.6. The number of hydrogen-bond acceptors (Lipinski definition) is 3. The van der Waals surface area contributed by atoms with Crippen molar-refractivity contribution < 1.29 is 0 Å². The highest BCUT2D eigenvalue weighted by molar-refractivity contribution is 7.11. The molecule has 1 aromatic heterocycles. The van der Waals surface area contributed by atoms with Gasteiger partial charge in [0, 0.05) is 10.6 Å². The molecule has 3 N–H and O–H groups in total. The average molecular weight is 260 g/mol. The number of nitrogens with two attached hydrogens (primary N) is 1. The summed E-state index contributed by atoms with van der Waals surface area (Å²) in [5.41, 5.74) is 7.76. The molecule has 0 atom stereocenters. The van der Waals surface area contributed by atoms with E-state index in [1.54, 1.807) is 11.3 Å². The highest BCUT2D eigenvalue weighted by Crippen LogP contribution is 2.17. The van der Waals surface area contributed by atoms with E-state index in [-0.39, 0.29) is 0 Å². The molecule has 0 radical (unpaired) electrons. The Kier molecular flexibility index (Phi) is 3.94. The lowest BCUT2D eigenvalue weighted by molar-refractivity contribution is 0.980. The van der Waals surface area contributed by atoms with Gasteiger partial charge in [0.05, 0.1) is 17.2 Å². The van der Waals surface area contributed by atoms with Crippen molar-refractivity contribution in [3.8, 4) is 0 Å². The number of nitrogens with one attached hydrogen (secondary N) is 1. The van der Waals surface area contributed by atoms with Crippen LogP contribution in [0.4, 0.5) is 5.69 Å². The first-order chi connectivity index (χ1) is 8.65. The second-order valence-corrected chi connectivity index (χ2v) is 5.34. The largest absolute Gasteiger partial charge is 0.370 e. The number of guanidine groups is 1. The molecular weight excluding hydrogens is 244 g/mol. The molecule has 0 fully saturated rings. The second-order valence-electron chi connectivity index (χ2n) is 3.93. The quantitative estimate of drug-likeness (QED) is 0.659. The van der Waals surface area contributed by atoms with Crippen LogP contribution in [0.3, 0.4) is 0 Å². The predicted octanol–water partition coefficient (Wildman–Crippen LogP) is 2.69. The van der Waals surface area contributed by atoms with E-state index in [0.717, 1.165) is 16.4 Å². The third-order valence-electron chi connectivity index (χ3n) is 2.44. The second kappa shape index (κ2) is 5.64. The van der Waals surface area contributed by atoms with Crippen LogP contribution in [0, 0.1) is 13.8 Å². The van der Waals surface area contributed by atoms with Gasteiger partial charge in [-0.25, -0.2) is 9.98 Å². The fraction of sp³-hybridized carbons (Fsp3) is 0.231. The lowest BCUT2D eigenvalue weighted by Gasteiger charge is -2.04. The van der Waals surface area contributed by atoms with Crippen LogP contribution in [0.5, 0.6) is 0 Å². The van der Waals surface area contributed by atoms with Crippen LogP contribution < -0.4 is 11.1 Å².